The van der Waals surface area contributed by atoms with Gasteiger partial charge in [0.1, 0.15) is 5.69 Å². The zero-order chi connectivity index (χ0) is 20.8. The molecule has 0 saturated carbocycles. The molecular weight excluding hydrogens is 360 g/mol. The second-order valence-corrected chi connectivity index (χ2v) is 6.27. The number of nitrogens with zero attached hydrogens (tertiary/aromatic N) is 2. The molecule has 0 unspecified atom stereocenters. The highest BCUT2D eigenvalue weighted by Gasteiger charge is 2.28. The van der Waals surface area contributed by atoms with Crippen molar-refractivity contribution in [3.63, 3.8) is 0 Å². The Morgan fingerprint density at radius 3 is 2.54 bits per heavy atom. The van der Waals surface area contributed by atoms with Gasteiger partial charge in [-0.3, -0.25) is 9.59 Å². The van der Waals surface area contributed by atoms with Crippen LogP contribution in [-0.4, -0.2) is 46.8 Å². The normalized spacial score (nSPS) is 10.6. The third-order valence-corrected chi connectivity index (χ3v) is 4.53. The summed E-state index contributed by atoms with van der Waals surface area (Å²) in [6.45, 7) is 11.6. The lowest BCUT2D eigenvalue weighted by Crippen LogP contribution is -2.36. The number of hydrogen-bond acceptors (Lipinski definition) is 5. The van der Waals surface area contributed by atoms with Gasteiger partial charge in [-0.05, 0) is 45.4 Å². The fourth-order valence-corrected chi connectivity index (χ4v) is 3.35. The highest BCUT2D eigenvalue weighted by Crippen LogP contribution is 2.24. The van der Waals surface area contributed by atoms with E-state index in [9.17, 15) is 14.4 Å². The van der Waals surface area contributed by atoms with Crippen LogP contribution in [0.2, 0.25) is 0 Å². The van der Waals surface area contributed by atoms with Crippen LogP contribution in [0.5, 0.6) is 0 Å². The summed E-state index contributed by atoms with van der Waals surface area (Å²) in [6.07, 6.45) is 2.96. The summed E-state index contributed by atoms with van der Waals surface area (Å²) >= 11 is 0. The van der Waals surface area contributed by atoms with Crippen molar-refractivity contribution >= 4 is 17.7 Å². The van der Waals surface area contributed by atoms with Gasteiger partial charge in [0, 0.05) is 24.3 Å². The van der Waals surface area contributed by atoms with Crippen molar-refractivity contribution in [3.05, 3.63) is 59.3 Å². The fourth-order valence-electron chi connectivity index (χ4n) is 3.35. The minimum atomic E-state index is -0.460. The average Bonchev–Trinajstić information content (AvgIpc) is 3.27. The Morgan fingerprint density at radius 1 is 1.29 bits per heavy atom. The molecule has 0 N–H and O–H groups in total. The Kier molecular flexibility index (Phi) is 6.98. The molecule has 7 heteroatoms. The first-order valence-electron chi connectivity index (χ1n) is 9.20. The van der Waals surface area contributed by atoms with Crippen LogP contribution in [0, 0.1) is 13.8 Å². The number of Topliss-reactive ketones (excluding diaryl/α,β-unsaturated/α-hetero) is 1. The molecule has 2 aromatic rings. The molecule has 0 spiro atoms. The highest BCUT2D eigenvalue weighted by atomic mass is 16.5. The molecule has 2 rings (SSSR count). The van der Waals surface area contributed by atoms with E-state index in [1.54, 1.807) is 43.5 Å². The molecule has 7 nitrogen and oxygen atoms in total. The summed E-state index contributed by atoms with van der Waals surface area (Å²) in [5.41, 5.74) is 2.05. The first kappa shape index (κ1) is 21.2. The number of furan rings is 1. The molecule has 2 aromatic heterocycles. The molecule has 0 aliphatic rings. The monoisotopic (exact) mass is 386 g/mol. The van der Waals surface area contributed by atoms with Crippen molar-refractivity contribution < 1.29 is 23.5 Å². The van der Waals surface area contributed by atoms with E-state index in [2.05, 4.69) is 6.58 Å². The van der Waals surface area contributed by atoms with Gasteiger partial charge in [-0.25, -0.2) is 4.79 Å². The van der Waals surface area contributed by atoms with Crippen LogP contribution in [-0.2, 0) is 11.3 Å². The summed E-state index contributed by atoms with van der Waals surface area (Å²) in [7, 11) is 0. The van der Waals surface area contributed by atoms with Crippen LogP contribution in [0.1, 0.15) is 56.5 Å². The van der Waals surface area contributed by atoms with E-state index in [0.29, 0.717) is 29.1 Å². The van der Waals surface area contributed by atoms with E-state index in [4.69, 9.17) is 9.15 Å². The summed E-state index contributed by atoms with van der Waals surface area (Å²) in [6, 6.07) is 3.16. The van der Waals surface area contributed by atoms with Crippen LogP contribution < -0.4 is 0 Å². The van der Waals surface area contributed by atoms with E-state index in [1.807, 2.05) is 6.92 Å². The number of ether oxygens (including phenoxy) is 1. The van der Waals surface area contributed by atoms with E-state index in [-0.39, 0.29) is 31.2 Å². The fraction of sp³-hybridized carbons (Fsp3) is 0.381. The number of hydrogen-bond donors (Lipinski definition) is 0. The number of rotatable bonds is 9. The molecule has 0 saturated heterocycles. The van der Waals surface area contributed by atoms with Gasteiger partial charge in [0.25, 0.3) is 5.91 Å². The van der Waals surface area contributed by atoms with Crippen molar-refractivity contribution in [3.8, 4) is 0 Å². The predicted octanol–water partition coefficient (Wildman–Crippen LogP) is 3.41. The number of esters is 1. The van der Waals surface area contributed by atoms with Crippen LogP contribution >= 0.6 is 0 Å². The minimum Gasteiger partial charge on any atom is -0.461 e. The topological polar surface area (TPSA) is 81.8 Å². The molecule has 0 bridgehead atoms. The third-order valence-electron chi connectivity index (χ3n) is 4.53. The molecular formula is C21H26N2O5. The Hall–Kier alpha value is -3.09. The lowest BCUT2D eigenvalue weighted by molar-refractivity contribution is 0.0512. The van der Waals surface area contributed by atoms with Gasteiger partial charge in [-0.15, -0.1) is 6.58 Å². The lowest BCUT2D eigenvalue weighted by Gasteiger charge is -2.19. The number of ketones is 1. The molecule has 0 radical (unpaired) electrons. The van der Waals surface area contributed by atoms with Crippen molar-refractivity contribution in [1.29, 1.82) is 0 Å². The van der Waals surface area contributed by atoms with Crippen molar-refractivity contribution in [2.24, 2.45) is 0 Å². The second-order valence-electron chi connectivity index (χ2n) is 6.27. The Balaban J connectivity index is 2.38. The minimum absolute atomic E-state index is 0.150. The average molecular weight is 386 g/mol. The van der Waals surface area contributed by atoms with Crippen LogP contribution in [0.3, 0.4) is 0 Å². The van der Waals surface area contributed by atoms with E-state index in [1.165, 1.54) is 11.2 Å². The quantitative estimate of drug-likeness (QED) is 0.375. The van der Waals surface area contributed by atoms with Crippen LogP contribution in [0.4, 0.5) is 0 Å². The first-order valence-corrected chi connectivity index (χ1v) is 9.20. The Morgan fingerprint density at radius 2 is 2.00 bits per heavy atom. The highest BCUT2D eigenvalue weighted by molar-refractivity contribution is 6.05. The molecule has 0 fully saturated rings. The molecule has 0 aliphatic heterocycles. The summed E-state index contributed by atoms with van der Waals surface area (Å²) in [4.78, 5) is 39.4. The number of carbonyl (C=O) groups excluding carboxylic acids is 3. The predicted molar refractivity (Wildman–Crippen MR) is 105 cm³/mol. The van der Waals surface area contributed by atoms with Crippen molar-refractivity contribution in [1.82, 2.24) is 9.47 Å². The standard InChI is InChI=1S/C21H26N2O5/c1-6-11-22(20(25)17-10-9-12-28-17)13-16(24)18-14(4)19(21(26)27-8-3)23(7-2)15(18)5/h6,9-10,12H,1,7-8,11,13H2,2-5H3. The third kappa shape index (κ3) is 4.08. The zero-order valence-corrected chi connectivity index (χ0v) is 16.8. The van der Waals surface area contributed by atoms with E-state index in [0.717, 1.165) is 0 Å². The van der Waals surface area contributed by atoms with Crippen molar-refractivity contribution in [2.75, 3.05) is 19.7 Å². The molecule has 2 heterocycles. The summed E-state index contributed by atoms with van der Waals surface area (Å²) < 4.78 is 12.1. The van der Waals surface area contributed by atoms with Crippen LogP contribution in [0.15, 0.2) is 35.5 Å². The summed E-state index contributed by atoms with van der Waals surface area (Å²) in [5, 5.41) is 0. The maximum Gasteiger partial charge on any atom is 0.355 e. The van der Waals surface area contributed by atoms with Gasteiger partial charge < -0.3 is 18.6 Å². The van der Waals surface area contributed by atoms with E-state index < -0.39 is 11.9 Å². The molecule has 0 aliphatic carbocycles. The van der Waals surface area contributed by atoms with E-state index >= 15 is 0 Å². The molecule has 1 amide bonds. The lowest BCUT2D eigenvalue weighted by atomic mass is 10.0. The number of aromatic nitrogens is 1. The largest absolute Gasteiger partial charge is 0.461 e. The first-order chi connectivity index (χ1) is 13.4. The second kappa shape index (κ2) is 9.21. The maximum atomic E-state index is 13.1. The zero-order valence-electron chi connectivity index (χ0n) is 16.8. The Labute approximate surface area is 164 Å². The van der Waals surface area contributed by atoms with Gasteiger partial charge in [-0.1, -0.05) is 6.08 Å². The van der Waals surface area contributed by atoms with Crippen LogP contribution in [0.25, 0.3) is 0 Å². The maximum absolute atomic E-state index is 13.1. The molecule has 0 atom stereocenters. The molecule has 28 heavy (non-hydrogen) atoms. The number of carbonyl (C=O) groups is 3. The van der Waals surface area contributed by atoms with Crippen molar-refractivity contribution in [2.45, 2.75) is 34.2 Å². The van der Waals surface area contributed by atoms with Gasteiger partial charge in [-0.2, -0.15) is 0 Å². The van der Waals surface area contributed by atoms with Gasteiger partial charge in [0.05, 0.1) is 19.4 Å². The van der Waals surface area contributed by atoms with Gasteiger partial charge >= 0.3 is 5.97 Å². The molecule has 0 aromatic carbocycles. The smallest absolute Gasteiger partial charge is 0.355 e. The SMILES string of the molecule is C=CCN(CC(=O)c1c(C)c(C(=O)OCC)n(CC)c1C)C(=O)c1ccco1. The number of amides is 1. The summed E-state index contributed by atoms with van der Waals surface area (Å²) in [5.74, 6) is -0.955. The Bertz CT molecular complexity index is 877. The van der Waals surface area contributed by atoms with Gasteiger partial charge in [0.15, 0.2) is 11.5 Å². The molecule has 150 valence electrons. The van der Waals surface area contributed by atoms with Gasteiger partial charge in [0.2, 0.25) is 0 Å².